The summed E-state index contributed by atoms with van der Waals surface area (Å²) in [7, 11) is 1.54. The molecule has 0 bridgehead atoms. The molecule has 146 valence electrons. The first-order valence-corrected chi connectivity index (χ1v) is 9.66. The van der Waals surface area contributed by atoms with Crippen LogP contribution < -0.4 is 11.1 Å². The van der Waals surface area contributed by atoms with Gasteiger partial charge in [-0.3, -0.25) is 9.59 Å². The molecule has 0 saturated heterocycles. The second kappa shape index (κ2) is 8.16. The van der Waals surface area contributed by atoms with Gasteiger partial charge in [0.15, 0.2) is 0 Å². The number of aryl methyl sites for hydroxylation is 1. The lowest BCUT2D eigenvalue weighted by atomic mass is 9.94. The Kier molecular flexibility index (Phi) is 5.86. The molecule has 2 amide bonds. The fraction of sp³-hybridized carbons (Fsp3) is 0.286. The van der Waals surface area contributed by atoms with Gasteiger partial charge in [0, 0.05) is 23.9 Å². The van der Waals surface area contributed by atoms with Gasteiger partial charge < -0.3 is 16.0 Å². The number of thiol groups is 1. The standard InChI is InChI=1S/C21H24N4O2S/c1-12-7-6-9-14(13(12)2)18-15-8-4-5-10-17(15)23-20(26)19(24-18)25(3)21(27)16(22)11-28/h4-10,16,19,28H,11,22H2,1-3H3,(H,23,26)/t16-,19?/m1/s1. The average molecular weight is 397 g/mol. The number of nitrogens with two attached hydrogens (primary N) is 1. The summed E-state index contributed by atoms with van der Waals surface area (Å²) in [6, 6.07) is 12.7. The number of carbonyl (C=O) groups is 2. The maximum absolute atomic E-state index is 12.9. The van der Waals surface area contributed by atoms with Crippen molar-refractivity contribution in [2.75, 3.05) is 18.1 Å². The Morgan fingerprint density at radius 1 is 1.21 bits per heavy atom. The van der Waals surface area contributed by atoms with Gasteiger partial charge in [-0.15, -0.1) is 0 Å². The van der Waals surface area contributed by atoms with Crippen molar-refractivity contribution in [1.82, 2.24) is 4.90 Å². The van der Waals surface area contributed by atoms with E-state index in [-0.39, 0.29) is 17.6 Å². The highest BCUT2D eigenvalue weighted by molar-refractivity contribution is 7.80. The lowest BCUT2D eigenvalue weighted by Gasteiger charge is -2.26. The maximum Gasteiger partial charge on any atom is 0.269 e. The normalized spacial score (nSPS) is 17.1. The number of anilines is 1. The van der Waals surface area contributed by atoms with Crippen LogP contribution in [-0.2, 0) is 9.59 Å². The number of carbonyl (C=O) groups excluding carboxylic acids is 2. The third-order valence-electron chi connectivity index (χ3n) is 5.01. The number of nitrogens with one attached hydrogen (secondary N) is 1. The van der Waals surface area contributed by atoms with E-state index >= 15 is 0 Å². The molecule has 1 aliphatic rings. The van der Waals surface area contributed by atoms with Crippen LogP contribution in [0.3, 0.4) is 0 Å². The second-order valence-electron chi connectivity index (χ2n) is 6.87. The Morgan fingerprint density at radius 2 is 1.89 bits per heavy atom. The number of benzene rings is 2. The van der Waals surface area contributed by atoms with Gasteiger partial charge in [0.1, 0.15) is 0 Å². The Hall–Kier alpha value is -2.64. The van der Waals surface area contributed by atoms with Crippen molar-refractivity contribution < 1.29 is 9.59 Å². The van der Waals surface area contributed by atoms with Gasteiger partial charge in [-0.05, 0) is 31.0 Å². The predicted octanol–water partition coefficient (Wildman–Crippen LogP) is 2.13. The summed E-state index contributed by atoms with van der Waals surface area (Å²) in [5.74, 6) is -0.578. The minimum Gasteiger partial charge on any atom is -0.322 e. The highest BCUT2D eigenvalue weighted by Crippen LogP contribution is 2.27. The van der Waals surface area contributed by atoms with Crippen molar-refractivity contribution in [1.29, 1.82) is 0 Å². The molecule has 0 aromatic heterocycles. The van der Waals surface area contributed by atoms with E-state index in [1.807, 2.05) is 56.3 Å². The Balaban J connectivity index is 2.18. The van der Waals surface area contributed by atoms with Crippen molar-refractivity contribution in [3.63, 3.8) is 0 Å². The number of amides is 2. The molecule has 2 atom stereocenters. The van der Waals surface area contributed by atoms with E-state index in [4.69, 9.17) is 10.7 Å². The quantitative estimate of drug-likeness (QED) is 0.692. The summed E-state index contributed by atoms with van der Waals surface area (Å²) in [5, 5.41) is 2.89. The first kappa shape index (κ1) is 20.1. The molecule has 2 aromatic rings. The zero-order valence-corrected chi connectivity index (χ0v) is 17.0. The second-order valence-corrected chi connectivity index (χ2v) is 7.24. The lowest BCUT2D eigenvalue weighted by Crippen LogP contribution is -2.50. The lowest BCUT2D eigenvalue weighted by molar-refractivity contribution is -0.137. The number of hydrogen-bond donors (Lipinski definition) is 3. The number of benzodiazepines with no additional fused rings is 1. The van der Waals surface area contributed by atoms with E-state index in [1.165, 1.54) is 11.9 Å². The molecule has 2 aromatic carbocycles. The largest absolute Gasteiger partial charge is 0.322 e. The number of aliphatic imine (C=N–C) groups is 1. The van der Waals surface area contributed by atoms with Gasteiger partial charge in [0.2, 0.25) is 12.1 Å². The van der Waals surface area contributed by atoms with Crippen LogP contribution in [0.1, 0.15) is 22.3 Å². The van der Waals surface area contributed by atoms with Crippen molar-refractivity contribution in [2.45, 2.75) is 26.1 Å². The van der Waals surface area contributed by atoms with E-state index < -0.39 is 12.2 Å². The monoisotopic (exact) mass is 396 g/mol. The Labute approximate surface area is 170 Å². The number of hydrogen-bond acceptors (Lipinski definition) is 5. The molecule has 3 N–H and O–H groups in total. The van der Waals surface area contributed by atoms with E-state index in [2.05, 4.69) is 17.9 Å². The van der Waals surface area contributed by atoms with Crippen molar-refractivity contribution in [3.05, 3.63) is 64.7 Å². The summed E-state index contributed by atoms with van der Waals surface area (Å²) >= 11 is 4.09. The summed E-state index contributed by atoms with van der Waals surface area (Å²) in [4.78, 5) is 31.5. The Bertz CT molecular complexity index is 957. The number of rotatable bonds is 4. The zero-order valence-electron chi connectivity index (χ0n) is 16.1. The molecular formula is C21H24N4O2S. The summed E-state index contributed by atoms with van der Waals surface area (Å²) in [6.45, 7) is 4.06. The molecular weight excluding hydrogens is 372 g/mol. The van der Waals surface area contributed by atoms with Crippen LogP contribution in [0.4, 0.5) is 5.69 Å². The Morgan fingerprint density at radius 3 is 2.61 bits per heavy atom. The number of fused-ring (bicyclic) bond motifs is 1. The molecule has 3 rings (SSSR count). The third-order valence-corrected chi connectivity index (χ3v) is 5.41. The van der Waals surface area contributed by atoms with Crippen LogP contribution in [0.25, 0.3) is 0 Å². The molecule has 0 radical (unpaired) electrons. The van der Waals surface area contributed by atoms with Crippen molar-refractivity contribution in [2.24, 2.45) is 10.7 Å². The minimum atomic E-state index is -1.03. The van der Waals surface area contributed by atoms with E-state index in [9.17, 15) is 9.59 Å². The molecule has 0 spiro atoms. The van der Waals surface area contributed by atoms with Gasteiger partial charge in [0.05, 0.1) is 17.4 Å². The van der Waals surface area contributed by atoms with Gasteiger partial charge in [-0.25, -0.2) is 4.99 Å². The van der Waals surface area contributed by atoms with E-state index in [0.29, 0.717) is 11.4 Å². The van der Waals surface area contributed by atoms with Gasteiger partial charge in [-0.1, -0.05) is 36.4 Å². The average Bonchev–Trinajstić information content (AvgIpc) is 2.84. The molecule has 6 nitrogen and oxygen atoms in total. The van der Waals surface area contributed by atoms with Crippen molar-refractivity contribution >= 4 is 35.8 Å². The van der Waals surface area contributed by atoms with Crippen LogP contribution in [0, 0.1) is 13.8 Å². The smallest absolute Gasteiger partial charge is 0.269 e. The van der Waals surface area contributed by atoms with Crippen LogP contribution in [0.2, 0.25) is 0 Å². The molecule has 1 unspecified atom stereocenters. The van der Waals surface area contributed by atoms with Crippen LogP contribution in [0.15, 0.2) is 47.5 Å². The maximum atomic E-state index is 12.9. The number of nitrogens with zero attached hydrogens (tertiary/aromatic N) is 2. The van der Waals surface area contributed by atoms with Crippen LogP contribution in [-0.4, -0.2) is 47.4 Å². The third kappa shape index (κ3) is 3.68. The zero-order chi connectivity index (χ0) is 20.4. The minimum absolute atomic E-state index is 0.186. The molecule has 28 heavy (non-hydrogen) atoms. The first-order chi connectivity index (χ1) is 13.3. The van der Waals surface area contributed by atoms with Gasteiger partial charge in [0.25, 0.3) is 5.91 Å². The number of para-hydroxylation sites is 1. The van der Waals surface area contributed by atoms with E-state index in [0.717, 1.165) is 22.3 Å². The molecule has 0 fully saturated rings. The SMILES string of the molecule is Cc1cccc(C2=NC(N(C)C(=O)[C@H](N)CS)C(=O)Nc3ccccc32)c1C. The highest BCUT2D eigenvalue weighted by atomic mass is 32.1. The number of likely N-dealkylation sites (N-methyl/N-ethyl adjacent to an activating group) is 1. The summed E-state index contributed by atoms with van der Waals surface area (Å²) < 4.78 is 0. The van der Waals surface area contributed by atoms with Gasteiger partial charge in [-0.2, -0.15) is 12.6 Å². The van der Waals surface area contributed by atoms with Gasteiger partial charge >= 0.3 is 0 Å². The summed E-state index contributed by atoms with van der Waals surface area (Å²) in [5.41, 5.74) is 11.1. The fourth-order valence-electron chi connectivity index (χ4n) is 3.19. The molecule has 7 heteroatoms. The molecule has 1 aliphatic heterocycles. The topological polar surface area (TPSA) is 87.8 Å². The molecule has 0 aliphatic carbocycles. The molecule has 1 heterocycles. The first-order valence-electron chi connectivity index (χ1n) is 9.03. The predicted molar refractivity (Wildman–Crippen MR) is 115 cm³/mol. The van der Waals surface area contributed by atoms with Crippen LogP contribution >= 0.6 is 12.6 Å². The highest BCUT2D eigenvalue weighted by Gasteiger charge is 2.33. The van der Waals surface area contributed by atoms with Crippen molar-refractivity contribution in [3.8, 4) is 0 Å². The summed E-state index contributed by atoms with van der Waals surface area (Å²) in [6.07, 6.45) is -1.03. The van der Waals surface area contributed by atoms with Crippen LogP contribution in [0.5, 0.6) is 0 Å². The molecule has 0 saturated carbocycles. The fourth-order valence-corrected chi connectivity index (χ4v) is 3.35. The van der Waals surface area contributed by atoms with E-state index in [1.54, 1.807) is 0 Å².